The Morgan fingerprint density at radius 1 is 1.24 bits per heavy atom. The van der Waals surface area contributed by atoms with Gasteiger partial charge < -0.3 is 15.3 Å². The lowest BCUT2D eigenvalue weighted by atomic mass is 9.82. The minimum atomic E-state index is -0.882. The number of nitrogens with zero attached hydrogens (tertiary/aromatic N) is 1. The molecule has 1 aliphatic carbocycles. The molecule has 120 valence electrons. The third kappa shape index (κ3) is 5.87. The van der Waals surface area contributed by atoms with Crippen molar-refractivity contribution in [3.8, 4) is 0 Å². The molecule has 0 aliphatic heterocycles. The molecule has 0 bridgehead atoms. The second-order valence-electron chi connectivity index (χ2n) is 6.59. The number of hydrogen-bond donors (Lipinski definition) is 2. The molecule has 0 aromatic rings. The molecule has 5 nitrogen and oxygen atoms in total. The van der Waals surface area contributed by atoms with Crippen LogP contribution in [0.4, 0.5) is 0 Å². The molecule has 1 rings (SSSR count). The lowest BCUT2D eigenvalue weighted by molar-refractivity contribution is -0.147. The lowest BCUT2D eigenvalue weighted by Gasteiger charge is -2.29. The van der Waals surface area contributed by atoms with Crippen molar-refractivity contribution in [1.82, 2.24) is 10.2 Å². The van der Waals surface area contributed by atoms with Crippen LogP contribution in [0.2, 0.25) is 0 Å². The predicted molar refractivity (Wildman–Crippen MR) is 82.9 cm³/mol. The first-order valence-electron chi connectivity index (χ1n) is 7.64. The van der Waals surface area contributed by atoms with Gasteiger partial charge in [-0.25, -0.2) is 0 Å². The zero-order valence-electron chi connectivity index (χ0n) is 13.5. The minimum Gasteiger partial charge on any atom is -0.481 e. The zero-order chi connectivity index (χ0) is 16.0. The standard InChI is InChI=1S/C16H28N2O3/c1-11(2)9-12(10-18(3)4)17-15(19)13-7-5-6-8-14(13)16(20)21/h5-6,11-14H,7-10H2,1-4H3,(H,17,19)(H,20,21)/t12?,13-,14+/m1/s1. The average Bonchev–Trinajstić information content (AvgIpc) is 2.36. The van der Waals surface area contributed by atoms with Crippen LogP contribution in [0.15, 0.2) is 12.2 Å². The summed E-state index contributed by atoms with van der Waals surface area (Å²) in [5.41, 5.74) is 0. The fourth-order valence-corrected chi connectivity index (χ4v) is 2.87. The highest BCUT2D eigenvalue weighted by Crippen LogP contribution is 2.26. The van der Waals surface area contributed by atoms with E-state index < -0.39 is 17.8 Å². The van der Waals surface area contributed by atoms with Crippen LogP contribution in [0.1, 0.15) is 33.1 Å². The van der Waals surface area contributed by atoms with Gasteiger partial charge in [0.25, 0.3) is 0 Å². The molecule has 0 heterocycles. The summed E-state index contributed by atoms with van der Waals surface area (Å²) in [4.78, 5) is 25.8. The molecular weight excluding hydrogens is 268 g/mol. The maximum atomic E-state index is 12.5. The Morgan fingerprint density at radius 3 is 2.29 bits per heavy atom. The highest BCUT2D eigenvalue weighted by Gasteiger charge is 2.34. The van der Waals surface area contributed by atoms with Crippen molar-refractivity contribution in [1.29, 1.82) is 0 Å². The number of allylic oxidation sites excluding steroid dienone is 2. The summed E-state index contributed by atoms with van der Waals surface area (Å²) in [5.74, 6) is -1.58. The number of likely N-dealkylation sites (N-methyl/N-ethyl adjacent to an activating group) is 1. The van der Waals surface area contributed by atoms with Crippen LogP contribution in [0, 0.1) is 17.8 Å². The number of rotatable bonds is 7. The molecule has 21 heavy (non-hydrogen) atoms. The summed E-state index contributed by atoms with van der Waals surface area (Å²) >= 11 is 0. The number of nitrogens with one attached hydrogen (secondary N) is 1. The largest absolute Gasteiger partial charge is 0.481 e. The Labute approximate surface area is 127 Å². The van der Waals surface area contributed by atoms with E-state index in [9.17, 15) is 14.7 Å². The van der Waals surface area contributed by atoms with Gasteiger partial charge in [0, 0.05) is 12.6 Å². The Kier molecular flexibility index (Phi) is 6.89. The van der Waals surface area contributed by atoms with Gasteiger partial charge >= 0.3 is 5.97 Å². The summed E-state index contributed by atoms with van der Waals surface area (Å²) < 4.78 is 0. The SMILES string of the molecule is CC(C)CC(CN(C)C)NC(=O)[C@@H]1CC=CC[C@@H]1C(=O)O. The molecule has 1 amide bonds. The van der Waals surface area contributed by atoms with Gasteiger partial charge in [-0.2, -0.15) is 0 Å². The third-order valence-corrected chi connectivity index (χ3v) is 3.77. The molecule has 0 aromatic heterocycles. The number of amides is 1. The van der Waals surface area contributed by atoms with E-state index in [4.69, 9.17) is 0 Å². The summed E-state index contributed by atoms with van der Waals surface area (Å²) in [6, 6.07) is 0.0628. The molecule has 0 radical (unpaired) electrons. The zero-order valence-corrected chi connectivity index (χ0v) is 13.5. The van der Waals surface area contributed by atoms with Crippen molar-refractivity contribution in [2.24, 2.45) is 17.8 Å². The van der Waals surface area contributed by atoms with E-state index in [0.717, 1.165) is 13.0 Å². The molecule has 5 heteroatoms. The number of aliphatic carboxylic acids is 1. The van der Waals surface area contributed by atoms with Crippen LogP contribution in [-0.2, 0) is 9.59 Å². The Balaban J connectivity index is 2.70. The first-order valence-corrected chi connectivity index (χ1v) is 7.64. The smallest absolute Gasteiger partial charge is 0.307 e. The van der Waals surface area contributed by atoms with Gasteiger partial charge in [-0.3, -0.25) is 9.59 Å². The highest BCUT2D eigenvalue weighted by molar-refractivity contribution is 5.85. The topological polar surface area (TPSA) is 69.6 Å². The first kappa shape index (κ1) is 17.7. The van der Waals surface area contributed by atoms with Crippen molar-refractivity contribution in [3.05, 3.63) is 12.2 Å². The van der Waals surface area contributed by atoms with E-state index in [1.54, 1.807) is 0 Å². The first-order chi connectivity index (χ1) is 9.81. The van der Waals surface area contributed by atoms with Gasteiger partial charge in [0.05, 0.1) is 11.8 Å². The molecule has 3 atom stereocenters. The van der Waals surface area contributed by atoms with Crippen LogP contribution >= 0.6 is 0 Å². The third-order valence-electron chi connectivity index (χ3n) is 3.77. The molecule has 0 fully saturated rings. The molecule has 0 aromatic carbocycles. The van der Waals surface area contributed by atoms with E-state index in [-0.39, 0.29) is 11.9 Å². The molecule has 1 aliphatic rings. The molecule has 2 N–H and O–H groups in total. The average molecular weight is 296 g/mol. The van der Waals surface area contributed by atoms with Gasteiger partial charge in [-0.05, 0) is 39.3 Å². The normalized spacial score (nSPS) is 23.3. The van der Waals surface area contributed by atoms with E-state index in [1.807, 2.05) is 31.1 Å². The number of carbonyl (C=O) groups excluding carboxylic acids is 1. The van der Waals surface area contributed by atoms with Crippen LogP contribution in [0.3, 0.4) is 0 Å². The van der Waals surface area contributed by atoms with Crippen LogP contribution < -0.4 is 5.32 Å². The Morgan fingerprint density at radius 2 is 1.81 bits per heavy atom. The van der Waals surface area contributed by atoms with E-state index >= 15 is 0 Å². The van der Waals surface area contributed by atoms with Gasteiger partial charge in [0.15, 0.2) is 0 Å². The predicted octanol–water partition coefficient (Wildman–Crippen LogP) is 1.75. The van der Waals surface area contributed by atoms with E-state index in [0.29, 0.717) is 18.8 Å². The van der Waals surface area contributed by atoms with Gasteiger partial charge in [0.1, 0.15) is 0 Å². The quantitative estimate of drug-likeness (QED) is 0.702. The fourth-order valence-electron chi connectivity index (χ4n) is 2.87. The maximum Gasteiger partial charge on any atom is 0.307 e. The van der Waals surface area contributed by atoms with Crippen LogP contribution in [-0.4, -0.2) is 48.6 Å². The van der Waals surface area contributed by atoms with E-state index in [2.05, 4.69) is 19.2 Å². The van der Waals surface area contributed by atoms with E-state index in [1.165, 1.54) is 0 Å². The Hall–Kier alpha value is -1.36. The van der Waals surface area contributed by atoms with Crippen LogP contribution in [0.5, 0.6) is 0 Å². The highest BCUT2D eigenvalue weighted by atomic mass is 16.4. The summed E-state index contributed by atoms with van der Waals surface area (Å²) in [6.45, 7) is 5.01. The monoisotopic (exact) mass is 296 g/mol. The molecule has 0 spiro atoms. The lowest BCUT2D eigenvalue weighted by Crippen LogP contribution is -2.47. The molecule has 0 saturated heterocycles. The number of carboxylic acid groups (broad SMARTS) is 1. The van der Waals surface area contributed by atoms with Crippen molar-refractivity contribution < 1.29 is 14.7 Å². The van der Waals surface area contributed by atoms with Crippen molar-refractivity contribution >= 4 is 11.9 Å². The maximum absolute atomic E-state index is 12.5. The number of carboxylic acids is 1. The molecule has 1 unspecified atom stereocenters. The van der Waals surface area contributed by atoms with Crippen LogP contribution in [0.25, 0.3) is 0 Å². The van der Waals surface area contributed by atoms with Gasteiger partial charge in [0.2, 0.25) is 5.91 Å². The summed E-state index contributed by atoms with van der Waals surface area (Å²) in [5, 5.41) is 12.3. The number of carbonyl (C=O) groups is 2. The molecule has 0 saturated carbocycles. The second kappa shape index (κ2) is 8.17. The summed E-state index contributed by atoms with van der Waals surface area (Å²) in [7, 11) is 3.95. The van der Waals surface area contributed by atoms with Crippen molar-refractivity contribution in [2.75, 3.05) is 20.6 Å². The van der Waals surface area contributed by atoms with Gasteiger partial charge in [-0.15, -0.1) is 0 Å². The van der Waals surface area contributed by atoms with Crippen molar-refractivity contribution in [2.45, 2.75) is 39.2 Å². The summed E-state index contributed by atoms with van der Waals surface area (Å²) in [6.07, 6.45) is 5.61. The Bertz CT molecular complexity index is 381. The van der Waals surface area contributed by atoms with Crippen molar-refractivity contribution in [3.63, 3.8) is 0 Å². The minimum absolute atomic E-state index is 0.0628. The second-order valence-corrected chi connectivity index (χ2v) is 6.59. The number of hydrogen-bond acceptors (Lipinski definition) is 3. The fraction of sp³-hybridized carbons (Fsp3) is 0.750. The molecular formula is C16H28N2O3. The van der Waals surface area contributed by atoms with Gasteiger partial charge in [-0.1, -0.05) is 26.0 Å².